The van der Waals surface area contributed by atoms with Crippen molar-refractivity contribution >= 4 is 17.5 Å². The van der Waals surface area contributed by atoms with Gasteiger partial charge in [0.25, 0.3) is 11.7 Å². The zero-order valence-electron chi connectivity index (χ0n) is 11.7. The lowest BCUT2D eigenvalue weighted by Gasteiger charge is -2.35. The van der Waals surface area contributed by atoms with Gasteiger partial charge in [0.1, 0.15) is 6.61 Å². The minimum Gasteiger partial charge on any atom is -0.389 e. The summed E-state index contributed by atoms with van der Waals surface area (Å²) in [5, 5.41) is 28.2. The molecular formula is C13H21NO6. The Balaban J connectivity index is 2.93. The Morgan fingerprint density at radius 1 is 1.25 bits per heavy atom. The average Bonchev–Trinajstić information content (AvgIpc) is 2.44. The fourth-order valence-electron chi connectivity index (χ4n) is 2.16. The normalized spacial score (nSPS) is 20.1. The number of amides is 1. The third kappa shape index (κ3) is 3.23. The predicted octanol–water partition coefficient (Wildman–Crippen LogP) is -1.17. The predicted molar refractivity (Wildman–Crippen MR) is 68.5 cm³/mol. The second-order valence-corrected chi connectivity index (χ2v) is 5.34. The zero-order chi connectivity index (χ0) is 15.5. The van der Waals surface area contributed by atoms with Crippen LogP contribution in [-0.4, -0.2) is 62.7 Å². The molecular weight excluding hydrogens is 266 g/mol. The molecule has 20 heavy (non-hydrogen) atoms. The van der Waals surface area contributed by atoms with Crippen LogP contribution in [0.3, 0.4) is 0 Å². The lowest BCUT2D eigenvalue weighted by Crippen LogP contribution is -2.57. The SMILES string of the molecule is CC(C)C(O)(O)C(=O)C(=O)N1CCCCC1C(=O)CO. The van der Waals surface area contributed by atoms with Crippen molar-refractivity contribution < 1.29 is 29.7 Å². The Labute approximate surface area is 117 Å². The van der Waals surface area contributed by atoms with Crippen LogP contribution >= 0.6 is 0 Å². The van der Waals surface area contributed by atoms with Crippen molar-refractivity contribution in [1.29, 1.82) is 0 Å². The van der Waals surface area contributed by atoms with E-state index in [0.717, 1.165) is 4.90 Å². The van der Waals surface area contributed by atoms with E-state index < -0.39 is 41.8 Å². The van der Waals surface area contributed by atoms with Crippen LogP contribution in [0.1, 0.15) is 33.1 Å². The molecule has 1 fully saturated rings. The number of nitrogens with zero attached hydrogens (tertiary/aromatic N) is 1. The van der Waals surface area contributed by atoms with Gasteiger partial charge in [0.2, 0.25) is 5.79 Å². The topological polar surface area (TPSA) is 115 Å². The van der Waals surface area contributed by atoms with Gasteiger partial charge in [-0.3, -0.25) is 14.4 Å². The minimum atomic E-state index is -2.75. The molecule has 7 nitrogen and oxygen atoms in total. The molecule has 1 rings (SSSR count). The van der Waals surface area contributed by atoms with E-state index in [1.807, 2.05) is 0 Å². The highest BCUT2D eigenvalue weighted by molar-refractivity contribution is 6.39. The Bertz CT molecular complexity index is 404. The zero-order valence-corrected chi connectivity index (χ0v) is 11.7. The third-order valence-electron chi connectivity index (χ3n) is 3.62. The first-order valence-electron chi connectivity index (χ1n) is 6.67. The maximum atomic E-state index is 12.1. The van der Waals surface area contributed by atoms with Crippen molar-refractivity contribution in [2.24, 2.45) is 5.92 Å². The molecule has 0 aromatic rings. The number of aliphatic hydroxyl groups is 3. The highest BCUT2D eigenvalue weighted by Crippen LogP contribution is 2.21. The van der Waals surface area contributed by atoms with Gasteiger partial charge < -0.3 is 20.2 Å². The lowest BCUT2D eigenvalue weighted by molar-refractivity contribution is -0.202. The molecule has 1 saturated heterocycles. The van der Waals surface area contributed by atoms with Gasteiger partial charge >= 0.3 is 0 Å². The second kappa shape index (κ2) is 6.43. The largest absolute Gasteiger partial charge is 0.389 e. The van der Waals surface area contributed by atoms with Gasteiger partial charge in [-0.05, 0) is 19.3 Å². The summed E-state index contributed by atoms with van der Waals surface area (Å²) in [5.41, 5.74) is 0. The highest BCUT2D eigenvalue weighted by atomic mass is 16.5. The minimum absolute atomic E-state index is 0.190. The van der Waals surface area contributed by atoms with Gasteiger partial charge in [-0.25, -0.2) is 0 Å². The van der Waals surface area contributed by atoms with Gasteiger partial charge in [-0.15, -0.1) is 0 Å². The molecule has 114 valence electrons. The molecule has 0 spiro atoms. The first-order valence-corrected chi connectivity index (χ1v) is 6.67. The lowest BCUT2D eigenvalue weighted by atomic mass is 9.94. The van der Waals surface area contributed by atoms with Crippen molar-refractivity contribution in [3.8, 4) is 0 Å². The van der Waals surface area contributed by atoms with E-state index in [2.05, 4.69) is 0 Å². The average molecular weight is 287 g/mol. The Hall–Kier alpha value is -1.31. The number of likely N-dealkylation sites (tertiary alicyclic amines) is 1. The molecule has 0 aliphatic carbocycles. The summed E-state index contributed by atoms with van der Waals surface area (Å²) < 4.78 is 0. The molecule has 1 atom stereocenters. The number of carbonyl (C=O) groups is 3. The van der Waals surface area contributed by atoms with Crippen molar-refractivity contribution in [3.05, 3.63) is 0 Å². The van der Waals surface area contributed by atoms with Crippen LogP contribution < -0.4 is 0 Å². The molecule has 0 bridgehead atoms. The second-order valence-electron chi connectivity index (χ2n) is 5.34. The molecule has 0 aromatic carbocycles. The Kier molecular flexibility index (Phi) is 5.38. The van der Waals surface area contributed by atoms with Crippen molar-refractivity contribution in [3.63, 3.8) is 0 Å². The maximum absolute atomic E-state index is 12.1. The smallest absolute Gasteiger partial charge is 0.296 e. The molecule has 1 heterocycles. The molecule has 7 heteroatoms. The first-order chi connectivity index (χ1) is 9.23. The summed E-state index contributed by atoms with van der Waals surface area (Å²) in [6.45, 7) is 2.28. The van der Waals surface area contributed by atoms with E-state index in [-0.39, 0.29) is 6.54 Å². The number of ketones is 2. The molecule has 1 unspecified atom stereocenters. The quantitative estimate of drug-likeness (QED) is 0.434. The van der Waals surface area contributed by atoms with Crippen LogP contribution in [-0.2, 0) is 14.4 Å². The summed E-state index contributed by atoms with van der Waals surface area (Å²) >= 11 is 0. The standard InChI is InChI=1S/C13H21NO6/c1-8(2)13(19,20)11(17)12(18)14-6-4-3-5-9(14)10(16)7-15/h8-9,15,19-20H,3-7H2,1-2H3. The van der Waals surface area contributed by atoms with Gasteiger partial charge in [0.05, 0.1) is 6.04 Å². The van der Waals surface area contributed by atoms with Crippen molar-refractivity contribution in [1.82, 2.24) is 4.90 Å². The number of hydrogen-bond acceptors (Lipinski definition) is 6. The first kappa shape index (κ1) is 16.7. The highest BCUT2D eigenvalue weighted by Gasteiger charge is 2.45. The summed E-state index contributed by atoms with van der Waals surface area (Å²) in [7, 11) is 0. The van der Waals surface area contributed by atoms with Crippen molar-refractivity contribution in [2.45, 2.75) is 44.9 Å². The van der Waals surface area contributed by atoms with Gasteiger partial charge in [-0.1, -0.05) is 13.8 Å². The van der Waals surface area contributed by atoms with E-state index in [9.17, 15) is 24.6 Å². The number of piperidine rings is 1. The van der Waals surface area contributed by atoms with E-state index in [1.54, 1.807) is 0 Å². The number of hydrogen-bond donors (Lipinski definition) is 3. The fraction of sp³-hybridized carbons (Fsp3) is 0.769. The molecule has 1 aliphatic heterocycles. The molecule has 3 N–H and O–H groups in total. The summed E-state index contributed by atoms with van der Waals surface area (Å²) in [6.07, 6.45) is 1.70. The maximum Gasteiger partial charge on any atom is 0.296 e. The van der Waals surface area contributed by atoms with Gasteiger partial charge in [-0.2, -0.15) is 0 Å². The Morgan fingerprint density at radius 3 is 2.35 bits per heavy atom. The van der Waals surface area contributed by atoms with Crippen LogP contribution in [0, 0.1) is 5.92 Å². The monoisotopic (exact) mass is 287 g/mol. The van der Waals surface area contributed by atoms with Gasteiger partial charge in [0, 0.05) is 12.5 Å². The molecule has 0 saturated carbocycles. The molecule has 0 aromatic heterocycles. The van der Waals surface area contributed by atoms with E-state index in [1.165, 1.54) is 13.8 Å². The van der Waals surface area contributed by atoms with Gasteiger partial charge in [0.15, 0.2) is 5.78 Å². The molecule has 1 amide bonds. The van der Waals surface area contributed by atoms with Crippen LogP contribution in [0.25, 0.3) is 0 Å². The summed E-state index contributed by atoms with van der Waals surface area (Å²) in [5.74, 6) is -6.57. The van der Waals surface area contributed by atoms with Crippen molar-refractivity contribution in [2.75, 3.05) is 13.2 Å². The third-order valence-corrected chi connectivity index (χ3v) is 3.62. The van der Waals surface area contributed by atoms with E-state index in [0.29, 0.717) is 19.3 Å². The van der Waals surface area contributed by atoms with Crippen LogP contribution in [0.2, 0.25) is 0 Å². The molecule has 1 aliphatic rings. The fourth-order valence-corrected chi connectivity index (χ4v) is 2.16. The number of aliphatic hydroxyl groups excluding tert-OH is 1. The van der Waals surface area contributed by atoms with E-state index >= 15 is 0 Å². The number of carbonyl (C=O) groups excluding carboxylic acids is 3. The van der Waals surface area contributed by atoms with Crippen LogP contribution in [0.15, 0.2) is 0 Å². The number of rotatable bonds is 5. The van der Waals surface area contributed by atoms with Crippen LogP contribution in [0.5, 0.6) is 0 Å². The molecule has 0 radical (unpaired) electrons. The van der Waals surface area contributed by atoms with E-state index in [4.69, 9.17) is 5.11 Å². The Morgan fingerprint density at radius 2 is 1.85 bits per heavy atom. The summed E-state index contributed by atoms with van der Waals surface area (Å²) in [6, 6.07) is -0.867. The number of Topliss-reactive ketones (excluding diaryl/α,β-unsaturated/α-hetero) is 2. The summed E-state index contributed by atoms with van der Waals surface area (Å²) in [4.78, 5) is 36.6. The van der Waals surface area contributed by atoms with Crippen LogP contribution in [0.4, 0.5) is 0 Å².